The van der Waals surface area contributed by atoms with Gasteiger partial charge in [0, 0.05) is 0 Å². The van der Waals surface area contributed by atoms with Crippen molar-refractivity contribution < 1.29 is 5.11 Å². The minimum Gasteiger partial charge on any atom is -0.390 e. The Morgan fingerprint density at radius 2 is 1.83 bits per heavy atom. The van der Waals surface area contributed by atoms with Crippen LogP contribution in [0.2, 0.25) is 0 Å². The molecule has 0 spiro atoms. The summed E-state index contributed by atoms with van der Waals surface area (Å²) in [7, 11) is 0. The summed E-state index contributed by atoms with van der Waals surface area (Å²) in [5.74, 6) is 3.06. The molecule has 0 heterocycles. The molecule has 0 aromatic heterocycles. The highest BCUT2D eigenvalue weighted by Crippen LogP contribution is 2.64. The maximum Gasteiger partial charge on any atom is 0.0591 e. The third-order valence-electron chi connectivity index (χ3n) is 9.35. The Labute approximate surface area is 180 Å². The molecule has 1 nitrogen and oxygen atoms in total. The molecule has 164 valence electrons. The first-order valence-corrected chi connectivity index (χ1v) is 12.3. The summed E-state index contributed by atoms with van der Waals surface area (Å²) in [5.41, 5.74) is 2.08. The van der Waals surface area contributed by atoms with E-state index in [2.05, 4.69) is 51.7 Å². The van der Waals surface area contributed by atoms with E-state index in [1.807, 2.05) is 13.8 Å². The van der Waals surface area contributed by atoms with Crippen molar-refractivity contribution in [1.29, 1.82) is 0 Å². The molecule has 1 heteroatoms. The van der Waals surface area contributed by atoms with Crippen LogP contribution in [0.15, 0.2) is 36.5 Å². The first-order valence-electron chi connectivity index (χ1n) is 12.3. The Morgan fingerprint density at radius 3 is 2.48 bits per heavy atom. The van der Waals surface area contributed by atoms with E-state index in [9.17, 15) is 5.11 Å². The lowest BCUT2D eigenvalue weighted by Crippen LogP contribution is -2.44. The number of unbranched alkanes of at least 4 members (excludes halogenated alkanes) is 1. The van der Waals surface area contributed by atoms with Crippen molar-refractivity contribution in [2.45, 2.75) is 104 Å². The molecular weight excluding hydrogens is 352 g/mol. The summed E-state index contributed by atoms with van der Waals surface area (Å²) >= 11 is 0. The minimum absolute atomic E-state index is 0.399. The highest BCUT2D eigenvalue weighted by atomic mass is 16.3. The highest BCUT2D eigenvalue weighted by Gasteiger charge is 2.54. The van der Waals surface area contributed by atoms with E-state index in [0.717, 1.165) is 30.6 Å². The van der Waals surface area contributed by atoms with Crippen LogP contribution < -0.4 is 0 Å². The van der Waals surface area contributed by atoms with Crippen LogP contribution in [0.4, 0.5) is 0 Å². The lowest BCUT2D eigenvalue weighted by molar-refractivity contribution is 0.0352. The smallest absolute Gasteiger partial charge is 0.0591 e. The zero-order valence-corrected chi connectivity index (χ0v) is 19.8. The lowest BCUT2D eigenvalue weighted by Gasteiger charge is -2.53. The van der Waals surface area contributed by atoms with Crippen molar-refractivity contribution in [3.05, 3.63) is 36.5 Å². The fraction of sp³-hybridized carbons (Fsp3) is 0.786. The molecule has 0 bridgehead atoms. The van der Waals surface area contributed by atoms with Gasteiger partial charge in [0.2, 0.25) is 0 Å². The van der Waals surface area contributed by atoms with Gasteiger partial charge in [0.1, 0.15) is 0 Å². The van der Waals surface area contributed by atoms with Crippen LogP contribution in [-0.4, -0.2) is 10.7 Å². The number of aliphatic hydroxyl groups is 1. The number of hydrogen-bond acceptors (Lipinski definition) is 1. The molecule has 6 unspecified atom stereocenters. The van der Waals surface area contributed by atoms with E-state index in [4.69, 9.17) is 0 Å². The fourth-order valence-corrected chi connectivity index (χ4v) is 7.20. The van der Waals surface area contributed by atoms with Crippen LogP contribution in [0.25, 0.3) is 0 Å². The Hall–Kier alpha value is -0.820. The van der Waals surface area contributed by atoms with Crippen LogP contribution in [0.1, 0.15) is 98.8 Å². The van der Waals surface area contributed by atoms with E-state index in [-0.39, 0.29) is 0 Å². The van der Waals surface area contributed by atoms with Crippen LogP contribution in [0.5, 0.6) is 0 Å². The molecule has 0 aromatic carbocycles. The van der Waals surface area contributed by atoms with Gasteiger partial charge in [-0.15, -0.1) is 0 Å². The van der Waals surface area contributed by atoms with Crippen molar-refractivity contribution in [1.82, 2.24) is 0 Å². The molecule has 0 radical (unpaired) electrons. The van der Waals surface area contributed by atoms with E-state index < -0.39 is 5.60 Å². The van der Waals surface area contributed by atoms with E-state index in [0.29, 0.717) is 16.7 Å². The van der Waals surface area contributed by atoms with E-state index in [1.54, 1.807) is 5.57 Å². The second-order valence-corrected chi connectivity index (χ2v) is 11.7. The molecule has 29 heavy (non-hydrogen) atoms. The van der Waals surface area contributed by atoms with Gasteiger partial charge in [0.25, 0.3) is 0 Å². The Bertz CT molecular complexity index is 635. The average molecular weight is 399 g/mol. The Morgan fingerprint density at radius 1 is 1.10 bits per heavy atom. The molecular formula is C28H46O. The molecule has 6 atom stereocenters. The van der Waals surface area contributed by atoms with E-state index in [1.165, 1.54) is 51.4 Å². The van der Waals surface area contributed by atoms with Gasteiger partial charge in [-0.05, 0) is 99.7 Å². The topological polar surface area (TPSA) is 20.2 Å². The monoisotopic (exact) mass is 398 g/mol. The maximum absolute atomic E-state index is 10.0. The number of allylic oxidation sites excluding steroid dienone is 5. The molecule has 0 saturated heterocycles. The number of hydrogen-bond donors (Lipinski definition) is 1. The zero-order chi connectivity index (χ0) is 21.3. The molecule has 0 amide bonds. The summed E-state index contributed by atoms with van der Waals surface area (Å²) in [6, 6.07) is 0. The summed E-state index contributed by atoms with van der Waals surface area (Å²) in [6.07, 6.45) is 22.0. The number of fused-ring (bicyclic) bond motifs is 1. The molecule has 0 aromatic rings. The van der Waals surface area contributed by atoms with E-state index >= 15 is 0 Å². The van der Waals surface area contributed by atoms with Crippen molar-refractivity contribution >= 4 is 0 Å². The van der Waals surface area contributed by atoms with Crippen molar-refractivity contribution in [2.24, 2.45) is 34.5 Å². The third-order valence-corrected chi connectivity index (χ3v) is 9.35. The summed E-state index contributed by atoms with van der Waals surface area (Å²) in [4.78, 5) is 0. The molecule has 1 N–H and O–H groups in total. The first kappa shape index (κ1) is 22.9. The van der Waals surface area contributed by atoms with Crippen LogP contribution in [0.3, 0.4) is 0 Å². The number of rotatable bonds is 7. The molecule has 0 aliphatic heterocycles. The van der Waals surface area contributed by atoms with Crippen LogP contribution in [0, 0.1) is 34.5 Å². The first-order chi connectivity index (χ1) is 13.6. The van der Waals surface area contributed by atoms with Crippen molar-refractivity contribution in [3.8, 4) is 0 Å². The highest BCUT2D eigenvalue weighted by molar-refractivity contribution is 5.28. The largest absolute Gasteiger partial charge is 0.390 e. The van der Waals surface area contributed by atoms with Gasteiger partial charge in [0.05, 0.1) is 5.60 Å². The molecule has 3 rings (SSSR count). The summed E-state index contributed by atoms with van der Waals surface area (Å²) < 4.78 is 0. The Kier molecular flexibility index (Phi) is 6.88. The predicted octanol–water partition coefficient (Wildman–Crippen LogP) is 7.87. The Balaban J connectivity index is 1.74. The normalized spacial score (nSPS) is 41.5. The minimum atomic E-state index is -0.513. The second-order valence-electron chi connectivity index (χ2n) is 11.7. The van der Waals surface area contributed by atoms with Gasteiger partial charge in [-0.3, -0.25) is 0 Å². The molecule has 2 saturated carbocycles. The SMILES string of the molecule is C=C/C=C1\C(C2(C)CC=CCC2C)CCC2(C)C(CCCCC(C)(C)O)CCC12. The van der Waals surface area contributed by atoms with Crippen LogP contribution in [-0.2, 0) is 0 Å². The van der Waals surface area contributed by atoms with Gasteiger partial charge < -0.3 is 5.11 Å². The predicted molar refractivity (Wildman–Crippen MR) is 126 cm³/mol. The van der Waals surface area contributed by atoms with Crippen molar-refractivity contribution in [3.63, 3.8) is 0 Å². The average Bonchev–Trinajstić information content (AvgIpc) is 2.98. The van der Waals surface area contributed by atoms with Gasteiger partial charge in [0.15, 0.2) is 0 Å². The lowest BCUT2D eigenvalue weighted by atomic mass is 9.51. The summed E-state index contributed by atoms with van der Waals surface area (Å²) in [6.45, 7) is 15.6. The molecule has 3 aliphatic rings. The third kappa shape index (κ3) is 4.60. The zero-order valence-electron chi connectivity index (χ0n) is 19.8. The quantitative estimate of drug-likeness (QED) is 0.342. The van der Waals surface area contributed by atoms with Gasteiger partial charge >= 0.3 is 0 Å². The summed E-state index contributed by atoms with van der Waals surface area (Å²) in [5, 5.41) is 10.0. The maximum atomic E-state index is 10.0. The van der Waals surface area contributed by atoms with Gasteiger partial charge in [-0.1, -0.05) is 70.1 Å². The van der Waals surface area contributed by atoms with Gasteiger partial charge in [-0.25, -0.2) is 0 Å². The fourth-order valence-electron chi connectivity index (χ4n) is 7.20. The molecule has 2 fully saturated rings. The standard InChI is InChI=1S/C28H46O/c1-7-12-23-24-16-15-22(14-9-10-18-26(3,4)29)28(24,6)20-17-25(23)27(5)19-11-8-13-21(27)2/h7-8,11-12,21-22,24-25,29H,1,9-10,13-20H2,2-6H3/b23-12-. The van der Waals surface area contributed by atoms with Crippen molar-refractivity contribution in [2.75, 3.05) is 0 Å². The van der Waals surface area contributed by atoms with Crippen LogP contribution >= 0.6 is 0 Å². The second kappa shape index (κ2) is 8.74. The van der Waals surface area contributed by atoms with Gasteiger partial charge in [-0.2, -0.15) is 0 Å². The molecule has 3 aliphatic carbocycles.